The van der Waals surface area contributed by atoms with E-state index in [2.05, 4.69) is 15.9 Å². The van der Waals surface area contributed by atoms with Gasteiger partial charge in [-0.1, -0.05) is 6.92 Å². The summed E-state index contributed by atoms with van der Waals surface area (Å²) in [7, 11) is -3.67. The lowest BCUT2D eigenvalue weighted by Gasteiger charge is -2.21. The highest BCUT2D eigenvalue weighted by molar-refractivity contribution is 9.10. The second-order valence-electron chi connectivity index (χ2n) is 4.85. The fourth-order valence-corrected chi connectivity index (χ4v) is 4.43. The van der Waals surface area contributed by atoms with Crippen molar-refractivity contribution in [3.63, 3.8) is 0 Å². The summed E-state index contributed by atoms with van der Waals surface area (Å²) in [5.74, 6) is -0.703. The molecule has 1 N–H and O–H groups in total. The first-order valence-electron chi connectivity index (χ1n) is 6.39. The minimum absolute atomic E-state index is 0.0138. The largest absolute Gasteiger partial charge is 0.478 e. The molecule has 0 aliphatic heterocycles. The van der Waals surface area contributed by atoms with Crippen molar-refractivity contribution in [3.8, 4) is 0 Å². The molecule has 7 heteroatoms. The summed E-state index contributed by atoms with van der Waals surface area (Å²) in [6.07, 6.45) is 2.12. The first-order chi connectivity index (χ1) is 9.36. The van der Waals surface area contributed by atoms with Crippen LogP contribution in [0, 0.1) is 5.92 Å². The van der Waals surface area contributed by atoms with Crippen LogP contribution in [0.3, 0.4) is 0 Å². The third-order valence-corrected chi connectivity index (χ3v) is 6.24. The second kappa shape index (κ2) is 5.83. The molecule has 0 saturated heterocycles. The van der Waals surface area contributed by atoms with Gasteiger partial charge in [0.25, 0.3) is 0 Å². The summed E-state index contributed by atoms with van der Waals surface area (Å²) in [5.41, 5.74) is -0.0331. The number of benzene rings is 1. The van der Waals surface area contributed by atoms with Crippen LogP contribution in [-0.4, -0.2) is 36.9 Å². The number of hydrogen-bond acceptors (Lipinski definition) is 3. The van der Waals surface area contributed by atoms with Crippen LogP contribution in [0.5, 0.6) is 0 Å². The van der Waals surface area contributed by atoms with Crippen molar-refractivity contribution in [1.29, 1.82) is 0 Å². The molecule has 0 amide bonds. The fraction of sp³-hybridized carbons (Fsp3) is 0.462. The zero-order valence-corrected chi connectivity index (χ0v) is 13.4. The van der Waals surface area contributed by atoms with Crippen LogP contribution in [0.1, 0.15) is 30.1 Å². The molecule has 0 spiro atoms. The average molecular weight is 362 g/mol. The van der Waals surface area contributed by atoms with E-state index < -0.39 is 16.0 Å². The van der Waals surface area contributed by atoms with Crippen molar-refractivity contribution < 1.29 is 18.3 Å². The third kappa shape index (κ3) is 3.21. The molecule has 1 aromatic carbocycles. The molecule has 1 saturated carbocycles. The molecule has 1 aliphatic rings. The van der Waals surface area contributed by atoms with Crippen LogP contribution in [0.2, 0.25) is 0 Å². The van der Waals surface area contributed by atoms with Crippen LogP contribution in [0.4, 0.5) is 0 Å². The molecule has 0 aromatic heterocycles. The van der Waals surface area contributed by atoms with Crippen molar-refractivity contribution >= 4 is 31.9 Å². The van der Waals surface area contributed by atoms with Crippen LogP contribution in [0.25, 0.3) is 0 Å². The molecule has 1 aromatic rings. The van der Waals surface area contributed by atoms with E-state index in [0.29, 0.717) is 23.5 Å². The molecule has 20 heavy (non-hydrogen) atoms. The monoisotopic (exact) mass is 361 g/mol. The summed E-state index contributed by atoms with van der Waals surface area (Å²) < 4.78 is 27.0. The Kier molecular flexibility index (Phi) is 4.51. The Morgan fingerprint density at radius 1 is 1.45 bits per heavy atom. The zero-order valence-electron chi connectivity index (χ0n) is 11.0. The van der Waals surface area contributed by atoms with E-state index in [1.165, 1.54) is 22.5 Å². The second-order valence-corrected chi connectivity index (χ2v) is 7.61. The van der Waals surface area contributed by atoms with E-state index in [-0.39, 0.29) is 10.5 Å². The highest BCUT2D eigenvalue weighted by Crippen LogP contribution is 2.33. The highest BCUT2D eigenvalue weighted by atomic mass is 79.9. The maximum Gasteiger partial charge on any atom is 0.335 e. The number of halogens is 1. The van der Waals surface area contributed by atoms with Gasteiger partial charge in [0.1, 0.15) is 0 Å². The SMILES string of the molecule is CCN(CC1CC1)S(=O)(=O)c1cc(C(=O)O)ccc1Br. The molecule has 0 atom stereocenters. The predicted molar refractivity (Wildman–Crippen MR) is 78.3 cm³/mol. The molecule has 0 heterocycles. The van der Waals surface area contributed by atoms with Gasteiger partial charge in [0.15, 0.2) is 0 Å². The molecular formula is C13H16BrNO4S. The van der Waals surface area contributed by atoms with Gasteiger partial charge in [-0.15, -0.1) is 0 Å². The third-order valence-electron chi connectivity index (χ3n) is 3.31. The Bertz CT molecular complexity index is 625. The molecule has 1 aliphatic carbocycles. The number of nitrogens with zero attached hydrogens (tertiary/aromatic N) is 1. The van der Waals surface area contributed by atoms with Gasteiger partial charge in [0, 0.05) is 17.6 Å². The van der Waals surface area contributed by atoms with E-state index in [4.69, 9.17) is 5.11 Å². The number of hydrogen-bond donors (Lipinski definition) is 1. The molecule has 0 bridgehead atoms. The Labute approximate surface area is 126 Å². The summed E-state index contributed by atoms with van der Waals surface area (Å²) in [6, 6.07) is 4.04. The topological polar surface area (TPSA) is 74.7 Å². The van der Waals surface area contributed by atoms with Gasteiger partial charge < -0.3 is 5.11 Å². The van der Waals surface area contributed by atoms with Gasteiger partial charge >= 0.3 is 5.97 Å². The molecular weight excluding hydrogens is 346 g/mol. The Hall–Kier alpha value is -0.920. The lowest BCUT2D eigenvalue weighted by molar-refractivity contribution is 0.0696. The van der Waals surface area contributed by atoms with Gasteiger partial charge in [0.05, 0.1) is 10.5 Å². The smallest absolute Gasteiger partial charge is 0.335 e. The van der Waals surface area contributed by atoms with Crippen LogP contribution >= 0.6 is 15.9 Å². The normalized spacial score (nSPS) is 15.6. The van der Waals surface area contributed by atoms with Gasteiger partial charge in [-0.05, 0) is 52.9 Å². The average Bonchev–Trinajstić information content (AvgIpc) is 3.19. The number of carboxylic acid groups (broad SMARTS) is 1. The number of rotatable bonds is 6. The van der Waals surface area contributed by atoms with Crippen molar-refractivity contribution in [2.45, 2.75) is 24.7 Å². The molecule has 1 fully saturated rings. The van der Waals surface area contributed by atoms with Crippen LogP contribution in [-0.2, 0) is 10.0 Å². The number of carboxylic acids is 1. The van der Waals surface area contributed by atoms with E-state index in [1.54, 1.807) is 6.92 Å². The number of carbonyl (C=O) groups is 1. The fourth-order valence-electron chi connectivity index (χ4n) is 1.96. The Morgan fingerprint density at radius 3 is 2.60 bits per heavy atom. The summed E-state index contributed by atoms with van der Waals surface area (Å²) >= 11 is 3.20. The molecule has 0 radical (unpaired) electrons. The summed E-state index contributed by atoms with van der Waals surface area (Å²) in [6.45, 7) is 2.67. The lowest BCUT2D eigenvalue weighted by atomic mass is 10.2. The van der Waals surface area contributed by atoms with Crippen molar-refractivity contribution in [2.75, 3.05) is 13.1 Å². The summed E-state index contributed by atoms with van der Waals surface area (Å²) in [5, 5.41) is 8.99. The van der Waals surface area contributed by atoms with Gasteiger partial charge in [-0.3, -0.25) is 0 Å². The molecule has 5 nitrogen and oxygen atoms in total. The minimum Gasteiger partial charge on any atom is -0.478 e. The van der Waals surface area contributed by atoms with Crippen molar-refractivity contribution in [3.05, 3.63) is 28.2 Å². The molecule has 2 rings (SSSR count). The predicted octanol–water partition coefficient (Wildman–Crippen LogP) is 2.57. The minimum atomic E-state index is -3.67. The van der Waals surface area contributed by atoms with Gasteiger partial charge in [-0.2, -0.15) is 4.31 Å². The maximum atomic E-state index is 12.6. The van der Waals surface area contributed by atoms with Crippen molar-refractivity contribution in [1.82, 2.24) is 4.31 Å². The summed E-state index contributed by atoms with van der Waals surface area (Å²) in [4.78, 5) is 11.0. The first-order valence-corrected chi connectivity index (χ1v) is 8.62. The Morgan fingerprint density at radius 2 is 2.10 bits per heavy atom. The highest BCUT2D eigenvalue weighted by Gasteiger charge is 2.32. The number of aromatic carboxylic acids is 1. The van der Waals surface area contributed by atoms with Crippen molar-refractivity contribution in [2.24, 2.45) is 5.92 Å². The quantitative estimate of drug-likeness (QED) is 0.844. The zero-order chi connectivity index (χ0) is 14.9. The van der Waals surface area contributed by atoms with E-state index in [0.717, 1.165) is 12.8 Å². The van der Waals surface area contributed by atoms with E-state index >= 15 is 0 Å². The lowest BCUT2D eigenvalue weighted by Crippen LogP contribution is -2.33. The number of sulfonamides is 1. The molecule has 110 valence electrons. The first kappa shape index (κ1) is 15.5. The van der Waals surface area contributed by atoms with Gasteiger partial charge in [0.2, 0.25) is 10.0 Å². The molecule has 0 unspecified atom stereocenters. The van der Waals surface area contributed by atoms with Gasteiger partial charge in [-0.25, -0.2) is 13.2 Å². The Balaban J connectivity index is 2.40. The van der Waals surface area contributed by atoms with E-state index in [9.17, 15) is 13.2 Å². The standard InChI is InChI=1S/C13H16BrNO4S/c1-2-15(8-9-3-4-9)20(18,19)12-7-10(13(16)17)5-6-11(12)14/h5-7,9H,2-4,8H2,1H3,(H,16,17). The van der Waals surface area contributed by atoms with Crippen LogP contribution < -0.4 is 0 Å². The maximum absolute atomic E-state index is 12.6. The van der Waals surface area contributed by atoms with E-state index in [1.807, 2.05) is 0 Å². The van der Waals surface area contributed by atoms with Crippen LogP contribution in [0.15, 0.2) is 27.6 Å².